The fourth-order valence-electron chi connectivity index (χ4n) is 3.87. The van der Waals surface area contributed by atoms with Crippen LogP contribution in [0.2, 0.25) is 0 Å². The molecule has 1 heterocycles. The number of fused-ring (bicyclic) bond motifs is 1. The van der Waals surface area contributed by atoms with E-state index in [1.165, 1.54) is 12.8 Å². The molecule has 5 heteroatoms. The van der Waals surface area contributed by atoms with E-state index in [0.29, 0.717) is 17.4 Å². The summed E-state index contributed by atoms with van der Waals surface area (Å²) in [5, 5.41) is -0.0698. The summed E-state index contributed by atoms with van der Waals surface area (Å²) in [6, 6.07) is 7.28. The van der Waals surface area contributed by atoms with E-state index in [1.54, 1.807) is 16.4 Å². The van der Waals surface area contributed by atoms with E-state index in [9.17, 15) is 8.42 Å². The van der Waals surface area contributed by atoms with Crippen molar-refractivity contribution in [3.8, 4) is 0 Å². The molecule has 1 saturated heterocycles. The number of aryl methyl sites for hydroxylation is 1. The minimum atomic E-state index is -3.45. The molecule has 2 aliphatic rings. The van der Waals surface area contributed by atoms with E-state index in [0.717, 1.165) is 31.2 Å². The van der Waals surface area contributed by atoms with Crippen molar-refractivity contribution in [1.29, 1.82) is 0 Å². The second kappa shape index (κ2) is 6.50. The first-order valence-corrected chi connectivity index (χ1v) is 10.1. The van der Waals surface area contributed by atoms with Gasteiger partial charge in [0.2, 0.25) is 10.0 Å². The summed E-state index contributed by atoms with van der Waals surface area (Å²) in [6.07, 6.45) is 6.55. The molecule has 0 unspecified atom stereocenters. The van der Waals surface area contributed by atoms with Crippen molar-refractivity contribution in [2.24, 2.45) is 5.92 Å². The normalized spacial score (nSPS) is 30.5. The smallest absolute Gasteiger partial charge is 0.207 e. The molecular formula is C17H24ClNO2S. The molecule has 0 aromatic heterocycles. The average molecular weight is 342 g/mol. The van der Waals surface area contributed by atoms with Gasteiger partial charge in [-0.25, -0.2) is 8.42 Å². The van der Waals surface area contributed by atoms with Crippen molar-refractivity contribution in [3.63, 3.8) is 0 Å². The highest BCUT2D eigenvalue weighted by molar-refractivity contribution is 7.89. The maximum absolute atomic E-state index is 13.1. The average Bonchev–Trinajstić information content (AvgIpc) is 2.72. The van der Waals surface area contributed by atoms with Crippen LogP contribution in [0.25, 0.3) is 0 Å². The van der Waals surface area contributed by atoms with Gasteiger partial charge >= 0.3 is 0 Å². The Morgan fingerprint density at radius 1 is 1.09 bits per heavy atom. The molecule has 0 radical (unpaired) electrons. The Labute approximate surface area is 138 Å². The summed E-state index contributed by atoms with van der Waals surface area (Å²) in [5.41, 5.74) is 1.07. The standard InChI is InChI=1S/C17H24ClNO2S/c1-13-7-9-16(10-8-13)22(20,21)19-12-15(18)11-14-5-3-2-4-6-17(14)19/h7-10,14-15,17H,2-6,11-12H2,1H3/t14-,15+,17-/m0/s1. The van der Waals surface area contributed by atoms with Crippen molar-refractivity contribution < 1.29 is 8.42 Å². The number of hydrogen-bond donors (Lipinski definition) is 0. The van der Waals surface area contributed by atoms with E-state index in [1.807, 2.05) is 19.1 Å². The first kappa shape index (κ1) is 16.3. The van der Waals surface area contributed by atoms with Gasteiger partial charge in [-0.1, -0.05) is 37.0 Å². The second-order valence-electron chi connectivity index (χ2n) is 6.69. The van der Waals surface area contributed by atoms with Crippen LogP contribution < -0.4 is 0 Å². The number of piperidine rings is 1. The first-order valence-electron chi connectivity index (χ1n) is 8.21. The number of sulfonamides is 1. The highest BCUT2D eigenvalue weighted by atomic mass is 35.5. The third-order valence-corrected chi connectivity index (χ3v) is 7.27. The predicted octanol–water partition coefficient (Wildman–Crippen LogP) is 3.95. The molecule has 1 aliphatic carbocycles. The van der Waals surface area contributed by atoms with Gasteiger partial charge < -0.3 is 0 Å². The maximum Gasteiger partial charge on any atom is 0.243 e. The molecule has 2 fully saturated rings. The lowest BCUT2D eigenvalue weighted by molar-refractivity contribution is 0.169. The Balaban J connectivity index is 1.94. The third kappa shape index (κ3) is 3.19. The van der Waals surface area contributed by atoms with Gasteiger partial charge in [-0.05, 0) is 44.2 Å². The number of halogens is 1. The first-order chi connectivity index (χ1) is 10.5. The lowest BCUT2D eigenvalue weighted by Crippen LogP contribution is -2.51. The Hall–Kier alpha value is -0.580. The number of hydrogen-bond acceptors (Lipinski definition) is 2. The van der Waals surface area contributed by atoms with Gasteiger partial charge in [0.25, 0.3) is 0 Å². The lowest BCUT2D eigenvalue weighted by atomic mass is 9.87. The van der Waals surface area contributed by atoms with Gasteiger partial charge in [-0.3, -0.25) is 0 Å². The predicted molar refractivity (Wildman–Crippen MR) is 89.7 cm³/mol. The molecule has 1 aromatic carbocycles. The third-order valence-electron chi connectivity index (χ3n) is 5.05. The molecule has 3 nitrogen and oxygen atoms in total. The molecule has 3 atom stereocenters. The molecule has 0 N–H and O–H groups in total. The Kier molecular flexibility index (Phi) is 4.81. The van der Waals surface area contributed by atoms with Crippen molar-refractivity contribution in [3.05, 3.63) is 29.8 Å². The van der Waals surface area contributed by atoms with Crippen LogP contribution in [-0.2, 0) is 10.0 Å². The summed E-state index contributed by atoms with van der Waals surface area (Å²) in [7, 11) is -3.45. The molecule has 1 aromatic rings. The van der Waals surface area contributed by atoms with Crippen LogP contribution in [0, 0.1) is 12.8 Å². The lowest BCUT2D eigenvalue weighted by Gasteiger charge is -2.41. The van der Waals surface area contributed by atoms with Crippen LogP contribution in [0.1, 0.15) is 44.1 Å². The zero-order valence-electron chi connectivity index (χ0n) is 13.0. The van der Waals surface area contributed by atoms with Gasteiger partial charge in [0.1, 0.15) is 0 Å². The zero-order chi connectivity index (χ0) is 15.7. The summed E-state index contributed by atoms with van der Waals surface area (Å²) in [4.78, 5) is 0.395. The summed E-state index contributed by atoms with van der Waals surface area (Å²) >= 11 is 6.40. The van der Waals surface area contributed by atoms with Crippen LogP contribution in [0.15, 0.2) is 29.2 Å². The molecule has 0 spiro atoms. The van der Waals surface area contributed by atoms with Crippen molar-refractivity contribution in [2.75, 3.05) is 6.54 Å². The number of rotatable bonds is 2. The molecule has 0 amide bonds. The maximum atomic E-state index is 13.1. The largest absolute Gasteiger partial charge is 0.243 e. The fourth-order valence-corrected chi connectivity index (χ4v) is 6.10. The minimum absolute atomic E-state index is 0.0698. The van der Waals surface area contributed by atoms with Crippen LogP contribution in [0.5, 0.6) is 0 Å². The van der Waals surface area contributed by atoms with E-state index in [-0.39, 0.29) is 11.4 Å². The topological polar surface area (TPSA) is 37.4 Å². The Bertz CT molecular complexity index is 614. The Morgan fingerprint density at radius 3 is 2.50 bits per heavy atom. The van der Waals surface area contributed by atoms with Gasteiger partial charge in [0.15, 0.2) is 0 Å². The van der Waals surface area contributed by atoms with E-state index in [4.69, 9.17) is 11.6 Å². The van der Waals surface area contributed by atoms with E-state index >= 15 is 0 Å². The van der Waals surface area contributed by atoms with Gasteiger partial charge in [-0.2, -0.15) is 4.31 Å². The van der Waals surface area contributed by atoms with Crippen molar-refractivity contribution in [1.82, 2.24) is 4.31 Å². The number of nitrogens with zero attached hydrogens (tertiary/aromatic N) is 1. The SMILES string of the molecule is Cc1ccc(S(=O)(=O)N2C[C@H](Cl)C[C@@H]3CCCCC[C@@H]32)cc1. The summed E-state index contributed by atoms with van der Waals surface area (Å²) < 4.78 is 27.9. The highest BCUT2D eigenvalue weighted by Crippen LogP contribution is 2.38. The van der Waals surface area contributed by atoms with Crippen molar-refractivity contribution >= 4 is 21.6 Å². The van der Waals surface area contributed by atoms with Crippen molar-refractivity contribution in [2.45, 2.75) is 61.8 Å². The number of benzene rings is 1. The van der Waals surface area contributed by atoms with Gasteiger partial charge in [-0.15, -0.1) is 11.6 Å². The highest BCUT2D eigenvalue weighted by Gasteiger charge is 2.42. The molecule has 3 rings (SSSR count). The van der Waals surface area contributed by atoms with Crippen LogP contribution in [-0.4, -0.2) is 30.7 Å². The molecular weight excluding hydrogens is 318 g/mol. The summed E-state index contributed by atoms with van der Waals surface area (Å²) in [5.74, 6) is 0.416. The second-order valence-corrected chi connectivity index (χ2v) is 9.19. The molecule has 122 valence electrons. The number of alkyl halides is 1. The van der Waals surface area contributed by atoms with Crippen LogP contribution in [0.4, 0.5) is 0 Å². The summed E-state index contributed by atoms with van der Waals surface area (Å²) in [6.45, 7) is 2.41. The molecule has 1 saturated carbocycles. The van der Waals surface area contributed by atoms with E-state index < -0.39 is 10.0 Å². The molecule has 1 aliphatic heterocycles. The van der Waals surface area contributed by atoms with Crippen LogP contribution >= 0.6 is 11.6 Å². The fraction of sp³-hybridized carbons (Fsp3) is 0.647. The molecule has 22 heavy (non-hydrogen) atoms. The molecule has 0 bridgehead atoms. The Morgan fingerprint density at radius 2 is 1.77 bits per heavy atom. The minimum Gasteiger partial charge on any atom is -0.207 e. The monoisotopic (exact) mass is 341 g/mol. The van der Waals surface area contributed by atoms with Crippen LogP contribution in [0.3, 0.4) is 0 Å². The van der Waals surface area contributed by atoms with Gasteiger partial charge in [0.05, 0.1) is 4.90 Å². The quantitative estimate of drug-likeness (QED) is 0.764. The van der Waals surface area contributed by atoms with E-state index in [2.05, 4.69) is 0 Å². The van der Waals surface area contributed by atoms with Gasteiger partial charge in [0, 0.05) is 18.0 Å². The zero-order valence-corrected chi connectivity index (χ0v) is 14.6.